The van der Waals surface area contributed by atoms with E-state index in [-0.39, 0.29) is 12.6 Å². The summed E-state index contributed by atoms with van der Waals surface area (Å²) in [5.41, 5.74) is 2.68. The van der Waals surface area contributed by atoms with Crippen molar-refractivity contribution in [3.63, 3.8) is 0 Å². The summed E-state index contributed by atoms with van der Waals surface area (Å²) in [4.78, 5) is 16.0. The largest absolute Gasteiger partial charge is 0.387 e. The number of aryl methyl sites for hydroxylation is 2. The monoisotopic (exact) mass is 291 g/mol. The highest BCUT2D eigenvalue weighted by atomic mass is 32.1. The number of nitrogens with one attached hydrogen (secondary N) is 2. The average Bonchev–Trinajstić information content (AvgIpc) is 2.88. The van der Waals surface area contributed by atoms with Crippen molar-refractivity contribution in [1.29, 1.82) is 0 Å². The summed E-state index contributed by atoms with van der Waals surface area (Å²) in [6, 6.07) is 5.18. The van der Waals surface area contributed by atoms with E-state index >= 15 is 0 Å². The minimum absolute atomic E-state index is 0.160. The summed E-state index contributed by atoms with van der Waals surface area (Å²) in [6.07, 6.45) is -0.695. The van der Waals surface area contributed by atoms with Gasteiger partial charge in [-0.2, -0.15) is 11.3 Å². The number of nitrogens with zero attached hydrogens (tertiary/aromatic N) is 1. The van der Waals surface area contributed by atoms with Gasteiger partial charge in [0.2, 0.25) is 0 Å². The Balaban J connectivity index is 1.86. The quantitative estimate of drug-likeness (QED) is 0.810. The number of carbonyl (C=O) groups excluding carboxylic acids is 1. The molecule has 2 rings (SSSR count). The third-order valence-electron chi connectivity index (χ3n) is 2.72. The number of aliphatic hydroxyl groups excluding tert-OH is 1. The van der Waals surface area contributed by atoms with Crippen molar-refractivity contribution in [1.82, 2.24) is 10.3 Å². The van der Waals surface area contributed by atoms with Gasteiger partial charge in [-0.1, -0.05) is 0 Å². The number of aliphatic hydroxyl groups is 1. The molecule has 20 heavy (non-hydrogen) atoms. The summed E-state index contributed by atoms with van der Waals surface area (Å²) in [7, 11) is 0. The molecule has 0 aliphatic heterocycles. The first-order valence-electron chi connectivity index (χ1n) is 6.25. The standard InChI is InChI=1S/C14H17N3O2S/c1-9-5-10(2)16-13(6-9)17-14(19)15-7-12(18)11-3-4-20-8-11/h3-6,8,12,18H,7H2,1-2H3,(H2,15,16,17,19)/t12-/m1/s1. The van der Waals surface area contributed by atoms with Gasteiger partial charge in [0.05, 0.1) is 6.10 Å². The minimum Gasteiger partial charge on any atom is -0.387 e. The van der Waals surface area contributed by atoms with Crippen molar-refractivity contribution in [3.8, 4) is 0 Å². The molecule has 3 N–H and O–H groups in total. The molecule has 2 aromatic heterocycles. The van der Waals surface area contributed by atoms with Gasteiger partial charge in [0.25, 0.3) is 0 Å². The molecule has 0 spiro atoms. The van der Waals surface area contributed by atoms with Crippen molar-refractivity contribution < 1.29 is 9.90 Å². The van der Waals surface area contributed by atoms with E-state index in [1.165, 1.54) is 11.3 Å². The fraction of sp³-hybridized carbons (Fsp3) is 0.286. The molecule has 2 heterocycles. The van der Waals surface area contributed by atoms with Gasteiger partial charge in [-0.05, 0) is 53.9 Å². The number of aromatic nitrogens is 1. The Labute approximate surface area is 121 Å². The van der Waals surface area contributed by atoms with Crippen molar-refractivity contribution in [2.24, 2.45) is 0 Å². The molecule has 6 heteroatoms. The molecular formula is C14H17N3O2S. The molecule has 0 fully saturated rings. The number of carbonyl (C=O) groups is 1. The number of pyridine rings is 1. The molecule has 5 nitrogen and oxygen atoms in total. The summed E-state index contributed by atoms with van der Waals surface area (Å²) < 4.78 is 0. The van der Waals surface area contributed by atoms with Gasteiger partial charge in [0.1, 0.15) is 5.82 Å². The lowest BCUT2D eigenvalue weighted by Crippen LogP contribution is -2.32. The number of thiophene rings is 1. The highest BCUT2D eigenvalue weighted by Gasteiger charge is 2.10. The van der Waals surface area contributed by atoms with E-state index in [2.05, 4.69) is 15.6 Å². The van der Waals surface area contributed by atoms with Crippen molar-refractivity contribution in [2.75, 3.05) is 11.9 Å². The highest BCUT2D eigenvalue weighted by molar-refractivity contribution is 7.07. The van der Waals surface area contributed by atoms with Gasteiger partial charge < -0.3 is 10.4 Å². The Kier molecular flexibility index (Phi) is 4.70. The van der Waals surface area contributed by atoms with Crippen LogP contribution in [0.25, 0.3) is 0 Å². The molecule has 0 aliphatic carbocycles. The Hall–Kier alpha value is -1.92. The zero-order valence-electron chi connectivity index (χ0n) is 11.4. The molecule has 0 bridgehead atoms. The van der Waals surface area contributed by atoms with Crippen LogP contribution in [0.2, 0.25) is 0 Å². The Morgan fingerprint density at radius 2 is 2.25 bits per heavy atom. The summed E-state index contributed by atoms with van der Waals surface area (Å²) in [5.74, 6) is 0.505. The van der Waals surface area contributed by atoms with Gasteiger partial charge >= 0.3 is 6.03 Å². The van der Waals surface area contributed by atoms with Gasteiger partial charge in [0, 0.05) is 12.2 Å². The zero-order valence-corrected chi connectivity index (χ0v) is 12.2. The third kappa shape index (κ3) is 4.04. The van der Waals surface area contributed by atoms with Crippen molar-refractivity contribution in [2.45, 2.75) is 20.0 Å². The van der Waals surface area contributed by atoms with Gasteiger partial charge in [-0.25, -0.2) is 9.78 Å². The number of amides is 2. The topological polar surface area (TPSA) is 74.2 Å². The Morgan fingerprint density at radius 1 is 1.45 bits per heavy atom. The fourth-order valence-electron chi connectivity index (χ4n) is 1.84. The van der Waals surface area contributed by atoms with Crippen molar-refractivity contribution >= 4 is 23.2 Å². The molecule has 0 saturated heterocycles. The maximum absolute atomic E-state index is 11.7. The first kappa shape index (κ1) is 14.5. The normalized spacial score (nSPS) is 11.9. The van der Waals surface area contributed by atoms with Crippen LogP contribution >= 0.6 is 11.3 Å². The predicted molar refractivity (Wildman–Crippen MR) is 80.0 cm³/mol. The molecule has 0 saturated carbocycles. The minimum atomic E-state index is -0.695. The van der Waals surface area contributed by atoms with E-state index < -0.39 is 6.10 Å². The Bertz CT molecular complexity index is 564. The maximum atomic E-state index is 11.7. The van der Waals surface area contributed by atoms with E-state index in [4.69, 9.17) is 0 Å². The first-order valence-corrected chi connectivity index (χ1v) is 7.19. The Morgan fingerprint density at radius 3 is 2.90 bits per heavy atom. The summed E-state index contributed by atoms with van der Waals surface area (Å²) in [5, 5.41) is 18.9. The second-order valence-corrected chi connectivity index (χ2v) is 5.36. The van der Waals surface area contributed by atoms with Crippen LogP contribution in [0.3, 0.4) is 0 Å². The number of anilines is 1. The molecule has 2 aromatic rings. The van der Waals surface area contributed by atoms with Crippen LogP contribution in [0.1, 0.15) is 22.9 Å². The van der Waals surface area contributed by atoms with Crippen LogP contribution in [0, 0.1) is 13.8 Å². The lowest BCUT2D eigenvalue weighted by atomic mass is 10.2. The van der Waals surface area contributed by atoms with Crippen LogP contribution in [0.4, 0.5) is 10.6 Å². The lowest BCUT2D eigenvalue weighted by Gasteiger charge is -2.11. The van der Waals surface area contributed by atoms with Gasteiger partial charge in [-0.3, -0.25) is 5.32 Å². The van der Waals surface area contributed by atoms with Crippen LogP contribution in [-0.2, 0) is 0 Å². The summed E-state index contributed by atoms with van der Waals surface area (Å²) in [6.45, 7) is 3.97. The molecule has 0 aromatic carbocycles. The number of urea groups is 1. The maximum Gasteiger partial charge on any atom is 0.320 e. The van der Waals surface area contributed by atoms with E-state index in [1.807, 2.05) is 36.7 Å². The predicted octanol–water partition coefficient (Wildman–Crippen LogP) is 2.62. The second-order valence-electron chi connectivity index (χ2n) is 4.58. The SMILES string of the molecule is Cc1cc(C)nc(NC(=O)NC[C@@H](O)c2ccsc2)c1. The zero-order chi connectivity index (χ0) is 14.5. The molecule has 0 radical (unpaired) electrons. The fourth-order valence-corrected chi connectivity index (χ4v) is 2.54. The van der Waals surface area contributed by atoms with Gasteiger partial charge in [-0.15, -0.1) is 0 Å². The van der Waals surface area contributed by atoms with Gasteiger partial charge in [0.15, 0.2) is 0 Å². The molecule has 2 amide bonds. The van der Waals surface area contributed by atoms with E-state index in [0.29, 0.717) is 5.82 Å². The smallest absolute Gasteiger partial charge is 0.320 e. The van der Waals surface area contributed by atoms with E-state index in [9.17, 15) is 9.90 Å². The van der Waals surface area contributed by atoms with Crippen LogP contribution < -0.4 is 10.6 Å². The van der Waals surface area contributed by atoms with Crippen LogP contribution in [-0.4, -0.2) is 22.7 Å². The second kappa shape index (κ2) is 6.49. The number of rotatable bonds is 4. The molecule has 106 valence electrons. The molecule has 0 aliphatic rings. The number of hydrogen-bond acceptors (Lipinski definition) is 4. The molecule has 1 atom stereocenters. The summed E-state index contributed by atoms with van der Waals surface area (Å²) >= 11 is 1.51. The highest BCUT2D eigenvalue weighted by Crippen LogP contribution is 2.15. The average molecular weight is 291 g/mol. The molecule has 0 unspecified atom stereocenters. The molecular weight excluding hydrogens is 274 g/mol. The van der Waals surface area contributed by atoms with Crippen molar-refractivity contribution in [3.05, 3.63) is 45.8 Å². The number of hydrogen-bond donors (Lipinski definition) is 3. The van der Waals surface area contributed by atoms with E-state index in [0.717, 1.165) is 16.8 Å². The van der Waals surface area contributed by atoms with Crippen LogP contribution in [0.5, 0.6) is 0 Å². The van der Waals surface area contributed by atoms with E-state index in [1.54, 1.807) is 6.07 Å². The third-order valence-corrected chi connectivity index (χ3v) is 3.42. The van der Waals surface area contributed by atoms with Crippen LogP contribution in [0.15, 0.2) is 29.0 Å². The first-order chi connectivity index (χ1) is 9.54. The lowest BCUT2D eigenvalue weighted by molar-refractivity contribution is 0.175.